The van der Waals surface area contributed by atoms with Gasteiger partial charge in [-0.2, -0.15) is 5.10 Å². The molecular formula is C13H17N3. The molecule has 0 saturated carbocycles. The van der Waals surface area contributed by atoms with Gasteiger partial charge in [0.2, 0.25) is 0 Å². The molecule has 1 unspecified atom stereocenters. The lowest BCUT2D eigenvalue weighted by Crippen LogP contribution is -2.25. The Morgan fingerprint density at radius 2 is 2.00 bits per heavy atom. The molecule has 16 heavy (non-hydrogen) atoms. The number of hydrogen-bond donors (Lipinski definition) is 1. The molecule has 3 nitrogen and oxygen atoms in total. The first-order valence-corrected chi connectivity index (χ1v) is 5.55. The van der Waals surface area contributed by atoms with Crippen LogP contribution in [0.4, 0.5) is 0 Å². The lowest BCUT2D eigenvalue weighted by Gasteiger charge is -2.18. The molecule has 1 aliphatic rings. The molecule has 0 saturated heterocycles. The fraction of sp³-hybridized carbons (Fsp3) is 0.385. The van der Waals surface area contributed by atoms with Crippen LogP contribution < -0.4 is 5.73 Å². The molecule has 0 bridgehead atoms. The lowest BCUT2D eigenvalue weighted by molar-refractivity contribution is 0.783. The van der Waals surface area contributed by atoms with Gasteiger partial charge in [-0.1, -0.05) is 30.7 Å². The Balaban J connectivity index is 2.44. The maximum Gasteiger partial charge on any atom is 0.123 e. The summed E-state index contributed by atoms with van der Waals surface area (Å²) < 4.78 is 0. The highest BCUT2D eigenvalue weighted by Gasteiger charge is 2.19. The molecule has 0 spiro atoms. The molecule has 0 aromatic heterocycles. The van der Waals surface area contributed by atoms with E-state index in [1.165, 1.54) is 16.7 Å². The first kappa shape index (κ1) is 10.9. The van der Waals surface area contributed by atoms with Crippen LogP contribution in [0.3, 0.4) is 0 Å². The van der Waals surface area contributed by atoms with Gasteiger partial charge in [-0.3, -0.25) is 0 Å². The molecule has 0 fully saturated rings. The molecule has 0 radical (unpaired) electrons. The van der Waals surface area contributed by atoms with Gasteiger partial charge in [0.15, 0.2) is 0 Å². The van der Waals surface area contributed by atoms with Crippen molar-refractivity contribution in [3.8, 4) is 0 Å². The third-order valence-corrected chi connectivity index (χ3v) is 2.93. The summed E-state index contributed by atoms with van der Waals surface area (Å²) >= 11 is 0. The van der Waals surface area contributed by atoms with E-state index in [4.69, 9.17) is 5.73 Å². The highest BCUT2D eigenvalue weighted by molar-refractivity contribution is 6.06. The zero-order chi connectivity index (χ0) is 11.7. The molecule has 0 amide bonds. The van der Waals surface area contributed by atoms with E-state index >= 15 is 0 Å². The van der Waals surface area contributed by atoms with Crippen molar-refractivity contribution in [3.05, 3.63) is 34.9 Å². The van der Waals surface area contributed by atoms with Crippen molar-refractivity contribution < 1.29 is 0 Å². The van der Waals surface area contributed by atoms with Gasteiger partial charge < -0.3 is 5.73 Å². The van der Waals surface area contributed by atoms with Crippen molar-refractivity contribution in [2.45, 2.75) is 27.2 Å². The van der Waals surface area contributed by atoms with Gasteiger partial charge >= 0.3 is 0 Å². The summed E-state index contributed by atoms with van der Waals surface area (Å²) in [7, 11) is 0. The predicted octanol–water partition coefficient (Wildman–Crippen LogP) is 2.40. The molecule has 3 heteroatoms. The lowest BCUT2D eigenvalue weighted by atomic mass is 9.91. The second-order valence-electron chi connectivity index (χ2n) is 4.50. The number of aryl methyl sites for hydroxylation is 2. The smallest absolute Gasteiger partial charge is 0.123 e. The van der Waals surface area contributed by atoms with Crippen LogP contribution in [0, 0.1) is 19.8 Å². The first-order valence-electron chi connectivity index (χ1n) is 5.55. The SMILES string of the molecule is Cc1ccc(C2=NN=C(N)CC2C)c(C)c1. The van der Waals surface area contributed by atoms with Gasteiger partial charge in [0.25, 0.3) is 0 Å². The van der Waals surface area contributed by atoms with Gasteiger partial charge in [-0.25, -0.2) is 0 Å². The van der Waals surface area contributed by atoms with Crippen LogP contribution in [0.2, 0.25) is 0 Å². The molecule has 1 aromatic carbocycles. The minimum absolute atomic E-state index is 0.346. The molecule has 2 rings (SSSR count). The number of rotatable bonds is 1. The fourth-order valence-electron chi connectivity index (χ4n) is 2.09. The summed E-state index contributed by atoms with van der Waals surface area (Å²) in [6, 6.07) is 6.41. The van der Waals surface area contributed by atoms with E-state index in [0.29, 0.717) is 11.8 Å². The standard InChI is InChI=1S/C13H17N3/c1-8-4-5-11(9(2)6-8)13-10(3)7-12(14)15-16-13/h4-6,10H,7H2,1-3H3,(H2,14,15). The van der Waals surface area contributed by atoms with Crippen molar-refractivity contribution in [2.24, 2.45) is 21.9 Å². The van der Waals surface area contributed by atoms with Crippen molar-refractivity contribution in [1.29, 1.82) is 0 Å². The van der Waals surface area contributed by atoms with Crippen molar-refractivity contribution in [2.75, 3.05) is 0 Å². The number of benzene rings is 1. The monoisotopic (exact) mass is 215 g/mol. The summed E-state index contributed by atoms with van der Waals surface area (Å²) in [5, 5.41) is 8.22. The maximum atomic E-state index is 5.67. The third kappa shape index (κ3) is 1.98. The van der Waals surface area contributed by atoms with Gasteiger partial charge in [0, 0.05) is 17.9 Å². The largest absolute Gasteiger partial charge is 0.386 e. The number of nitrogens with two attached hydrogens (primary N) is 1. The van der Waals surface area contributed by atoms with Crippen LogP contribution in [0.1, 0.15) is 30.0 Å². The number of hydrogen-bond acceptors (Lipinski definition) is 3. The number of nitrogens with zero attached hydrogens (tertiary/aromatic N) is 2. The predicted molar refractivity (Wildman–Crippen MR) is 67.9 cm³/mol. The van der Waals surface area contributed by atoms with Gasteiger partial charge in [0.05, 0.1) is 5.71 Å². The van der Waals surface area contributed by atoms with Crippen LogP contribution in [-0.4, -0.2) is 11.5 Å². The summed E-state index contributed by atoms with van der Waals surface area (Å²) in [4.78, 5) is 0. The van der Waals surface area contributed by atoms with E-state index in [-0.39, 0.29) is 0 Å². The second kappa shape index (κ2) is 4.08. The highest BCUT2D eigenvalue weighted by atomic mass is 15.2. The van der Waals surface area contributed by atoms with E-state index in [0.717, 1.165) is 12.1 Å². The summed E-state index contributed by atoms with van der Waals surface area (Å²) in [5.74, 6) is 0.972. The van der Waals surface area contributed by atoms with Crippen LogP contribution in [0.25, 0.3) is 0 Å². The molecule has 0 aliphatic carbocycles. The molecule has 1 atom stereocenters. The first-order chi connectivity index (χ1) is 7.58. The van der Waals surface area contributed by atoms with E-state index in [9.17, 15) is 0 Å². The minimum Gasteiger partial charge on any atom is -0.386 e. The van der Waals surface area contributed by atoms with Crippen LogP contribution in [-0.2, 0) is 0 Å². The van der Waals surface area contributed by atoms with E-state index in [2.05, 4.69) is 49.2 Å². The summed E-state index contributed by atoms with van der Waals surface area (Å²) in [5.41, 5.74) is 10.4. The maximum absolute atomic E-state index is 5.67. The Kier molecular flexibility index (Phi) is 2.77. The second-order valence-corrected chi connectivity index (χ2v) is 4.50. The highest BCUT2D eigenvalue weighted by Crippen LogP contribution is 2.20. The molecular weight excluding hydrogens is 198 g/mol. The Morgan fingerprint density at radius 3 is 2.62 bits per heavy atom. The molecule has 1 aromatic rings. The minimum atomic E-state index is 0.346. The van der Waals surface area contributed by atoms with E-state index in [1.807, 2.05) is 0 Å². The van der Waals surface area contributed by atoms with Crippen molar-refractivity contribution in [1.82, 2.24) is 0 Å². The van der Waals surface area contributed by atoms with Crippen molar-refractivity contribution >= 4 is 11.5 Å². The third-order valence-electron chi connectivity index (χ3n) is 2.93. The molecule has 1 aliphatic heterocycles. The molecule has 84 valence electrons. The average molecular weight is 215 g/mol. The summed E-state index contributed by atoms with van der Waals surface area (Å²) in [6.07, 6.45) is 0.798. The zero-order valence-electron chi connectivity index (χ0n) is 9.99. The molecule has 2 N–H and O–H groups in total. The van der Waals surface area contributed by atoms with Crippen LogP contribution >= 0.6 is 0 Å². The average Bonchev–Trinajstić information content (AvgIpc) is 2.19. The topological polar surface area (TPSA) is 50.7 Å². The fourth-order valence-corrected chi connectivity index (χ4v) is 2.09. The van der Waals surface area contributed by atoms with Crippen LogP contribution in [0.5, 0.6) is 0 Å². The Hall–Kier alpha value is -1.64. The van der Waals surface area contributed by atoms with E-state index < -0.39 is 0 Å². The van der Waals surface area contributed by atoms with Crippen molar-refractivity contribution in [3.63, 3.8) is 0 Å². The Bertz CT molecular complexity index is 472. The quantitative estimate of drug-likeness (QED) is 0.768. The van der Waals surface area contributed by atoms with Gasteiger partial charge in [-0.05, 0) is 19.4 Å². The Labute approximate surface area is 96.1 Å². The zero-order valence-corrected chi connectivity index (χ0v) is 9.99. The molecule has 1 heterocycles. The normalized spacial score (nSPS) is 20.3. The van der Waals surface area contributed by atoms with E-state index in [1.54, 1.807) is 0 Å². The Morgan fingerprint density at radius 1 is 1.25 bits per heavy atom. The van der Waals surface area contributed by atoms with Gasteiger partial charge in [0.1, 0.15) is 5.84 Å². The number of amidine groups is 1. The summed E-state index contributed by atoms with van der Waals surface area (Å²) in [6.45, 7) is 6.35. The van der Waals surface area contributed by atoms with Crippen LogP contribution in [0.15, 0.2) is 28.4 Å². The van der Waals surface area contributed by atoms with Gasteiger partial charge in [-0.15, -0.1) is 5.10 Å².